The van der Waals surface area contributed by atoms with Crippen LogP contribution in [0, 0.1) is 12.3 Å². The van der Waals surface area contributed by atoms with E-state index in [0.717, 1.165) is 27.3 Å². The summed E-state index contributed by atoms with van der Waals surface area (Å²) in [6.07, 6.45) is 1.84. The zero-order valence-corrected chi connectivity index (χ0v) is 34.0. The minimum atomic E-state index is -0.909. The number of carbonyl (C=O) groups excluding carboxylic acids is 4. The highest BCUT2D eigenvalue weighted by Crippen LogP contribution is 2.31. The van der Waals surface area contributed by atoms with E-state index in [9.17, 15) is 24.3 Å². The molecule has 0 unspecified atom stereocenters. The summed E-state index contributed by atoms with van der Waals surface area (Å²) in [4.78, 5) is 58.6. The van der Waals surface area contributed by atoms with E-state index in [1.54, 1.807) is 17.4 Å². The highest BCUT2D eigenvalue weighted by molar-refractivity contribution is 7.13. The van der Waals surface area contributed by atoms with Gasteiger partial charge < -0.3 is 36.8 Å². The van der Waals surface area contributed by atoms with Gasteiger partial charge in [0, 0.05) is 31.8 Å². The topological polar surface area (TPSA) is 190 Å². The summed E-state index contributed by atoms with van der Waals surface area (Å²) in [5, 5.41) is 17.0. The Morgan fingerprint density at radius 1 is 1.09 bits per heavy atom. The van der Waals surface area contributed by atoms with Gasteiger partial charge in [0.15, 0.2) is 0 Å². The number of nitrogens with two attached hydrogens (primary N) is 2. The second-order valence-corrected chi connectivity index (χ2v) is 16.1. The number of aryl methyl sites for hydroxylation is 2. The molecule has 0 radical (unpaired) electrons. The molecule has 5 atom stereocenters. The molecule has 7 N–H and O–H groups in total. The van der Waals surface area contributed by atoms with E-state index < -0.39 is 35.4 Å². The van der Waals surface area contributed by atoms with Crippen molar-refractivity contribution in [1.29, 1.82) is 0 Å². The van der Waals surface area contributed by atoms with E-state index in [1.807, 2.05) is 76.5 Å². The maximum absolute atomic E-state index is 14.0. The Morgan fingerprint density at radius 3 is 2.43 bits per heavy atom. The zero-order valence-electron chi connectivity index (χ0n) is 31.6. The van der Waals surface area contributed by atoms with Crippen molar-refractivity contribution in [1.82, 2.24) is 20.5 Å². The third-order valence-corrected chi connectivity index (χ3v) is 10.8. The average Bonchev–Trinajstić information content (AvgIpc) is 3.72. The van der Waals surface area contributed by atoms with Gasteiger partial charge in [0.25, 0.3) is 0 Å². The Kier molecular flexibility index (Phi) is 16.7. The summed E-state index contributed by atoms with van der Waals surface area (Å²) in [5.41, 5.74) is 16.1. The van der Waals surface area contributed by atoms with Crippen LogP contribution in [0.3, 0.4) is 0 Å². The van der Waals surface area contributed by atoms with Gasteiger partial charge in [-0.15, -0.1) is 23.7 Å². The first kappa shape index (κ1) is 44.6. The number of hydrogen-bond acceptors (Lipinski definition) is 9. The number of hydrogen-bond donors (Lipinski definition) is 5. The van der Waals surface area contributed by atoms with Gasteiger partial charge in [0.2, 0.25) is 23.6 Å². The Balaban J connectivity index is 0.00000784. The molecule has 54 heavy (non-hydrogen) atoms. The van der Waals surface area contributed by atoms with Gasteiger partial charge in [-0.05, 0) is 67.7 Å². The molecule has 4 amide bonds. The fraction of sp³-hybridized carbons (Fsp3) is 0.513. The zero-order chi connectivity index (χ0) is 38.9. The molecule has 4 rings (SSSR count). The number of primary amides is 1. The predicted octanol–water partition coefficient (Wildman–Crippen LogP) is 5.25. The minimum Gasteiger partial charge on any atom is -0.490 e. The molecule has 1 fully saturated rings. The molecule has 2 aromatic carbocycles. The van der Waals surface area contributed by atoms with Crippen LogP contribution in [0.2, 0.25) is 5.02 Å². The maximum Gasteiger partial charge on any atom is 0.246 e. The van der Waals surface area contributed by atoms with Crippen molar-refractivity contribution in [3.8, 4) is 16.2 Å². The van der Waals surface area contributed by atoms with Gasteiger partial charge in [-0.2, -0.15) is 0 Å². The smallest absolute Gasteiger partial charge is 0.246 e. The second-order valence-electron chi connectivity index (χ2n) is 14.9. The molecule has 296 valence electrons. The van der Waals surface area contributed by atoms with Crippen LogP contribution < -0.4 is 26.8 Å². The molecular weight excluding hydrogens is 751 g/mol. The minimum absolute atomic E-state index is 0. The van der Waals surface area contributed by atoms with E-state index in [0.29, 0.717) is 36.5 Å². The van der Waals surface area contributed by atoms with Crippen molar-refractivity contribution in [3.63, 3.8) is 0 Å². The van der Waals surface area contributed by atoms with E-state index in [4.69, 9.17) is 27.8 Å². The van der Waals surface area contributed by atoms with Crippen LogP contribution in [-0.4, -0.2) is 76.0 Å². The number of aromatic nitrogens is 1. The number of amides is 4. The van der Waals surface area contributed by atoms with Crippen LogP contribution in [0.5, 0.6) is 5.75 Å². The van der Waals surface area contributed by atoms with Gasteiger partial charge in [-0.25, -0.2) is 4.98 Å². The quantitative estimate of drug-likeness (QED) is 0.114. The molecule has 0 aliphatic carbocycles. The molecule has 1 aliphatic heterocycles. The summed E-state index contributed by atoms with van der Waals surface area (Å²) in [5.74, 6) is -0.965. The Hall–Kier alpha value is -3.75. The van der Waals surface area contributed by atoms with Gasteiger partial charge in [0.05, 0.1) is 33.3 Å². The Labute approximate surface area is 333 Å². The monoisotopic (exact) mass is 804 g/mol. The summed E-state index contributed by atoms with van der Waals surface area (Å²) in [6, 6.07) is 10.9. The number of aliphatic hydroxyl groups excluding tert-OH is 1. The van der Waals surface area contributed by atoms with Crippen LogP contribution in [0.15, 0.2) is 48.0 Å². The van der Waals surface area contributed by atoms with Crippen molar-refractivity contribution >= 4 is 59.0 Å². The fourth-order valence-corrected chi connectivity index (χ4v) is 7.40. The number of rotatable bonds is 17. The molecule has 3 aromatic rings. The molecule has 0 bridgehead atoms. The van der Waals surface area contributed by atoms with Crippen LogP contribution in [-0.2, 0) is 25.6 Å². The second kappa shape index (κ2) is 20.2. The van der Waals surface area contributed by atoms with Gasteiger partial charge in [0.1, 0.15) is 24.4 Å². The largest absolute Gasteiger partial charge is 0.490 e. The third-order valence-electron chi connectivity index (χ3n) is 9.42. The van der Waals surface area contributed by atoms with Gasteiger partial charge in [-0.3, -0.25) is 19.2 Å². The van der Waals surface area contributed by atoms with Crippen molar-refractivity contribution in [2.24, 2.45) is 16.9 Å². The summed E-state index contributed by atoms with van der Waals surface area (Å²) in [6.45, 7) is 9.62. The number of benzene rings is 2. The highest BCUT2D eigenvalue weighted by atomic mass is 35.5. The fourth-order valence-electron chi connectivity index (χ4n) is 6.32. The number of thiazole rings is 1. The van der Waals surface area contributed by atoms with Crippen molar-refractivity contribution in [2.45, 2.75) is 110 Å². The molecular formula is C39H54Cl2N6O6S. The van der Waals surface area contributed by atoms with Crippen LogP contribution >= 0.6 is 35.3 Å². The first-order valence-corrected chi connectivity index (χ1v) is 19.3. The van der Waals surface area contributed by atoms with E-state index in [2.05, 4.69) is 15.6 Å². The first-order valence-electron chi connectivity index (χ1n) is 18.1. The maximum atomic E-state index is 14.0. The lowest BCUT2D eigenvalue weighted by Crippen LogP contribution is -2.57. The van der Waals surface area contributed by atoms with Crippen LogP contribution in [0.25, 0.3) is 10.4 Å². The van der Waals surface area contributed by atoms with E-state index in [1.165, 1.54) is 4.90 Å². The number of nitrogens with one attached hydrogen (secondary N) is 2. The number of nitrogens with zero attached hydrogens (tertiary/aromatic N) is 2. The normalized spacial score (nSPS) is 17.2. The third kappa shape index (κ3) is 12.4. The molecule has 1 aliphatic rings. The lowest BCUT2D eigenvalue weighted by molar-refractivity contribution is -0.144. The number of unbranched alkanes of at least 4 members (excludes halogenated alkanes) is 1. The molecule has 0 saturated carbocycles. The highest BCUT2D eigenvalue weighted by Gasteiger charge is 2.44. The summed E-state index contributed by atoms with van der Waals surface area (Å²) >= 11 is 8.17. The lowest BCUT2D eigenvalue weighted by Gasteiger charge is -2.35. The van der Waals surface area contributed by atoms with Crippen LogP contribution in [0.4, 0.5) is 0 Å². The predicted molar refractivity (Wildman–Crippen MR) is 215 cm³/mol. The van der Waals surface area contributed by atoms with E-state index >= 15 is 0 Å². The molecule has 15 heteroatoms. The van der Waals surface area contributed by atoms with Crippen molar-refractivity contribution in [3.05, 3.63) is 69.8 Å². The Bertz CT molecular complexity index is 1730. The number of ether oxygens (including phenoxy) is 1. The van der Waals surface area contributed by atoms with Crippen molar-refractivity contribution in [2.75, 3.05) is 13.2 Å². The van der Waals surface area contributed by atoms with Gasteiger partial charge >= 0.3 is 0 Å². The van der Waals surface area contributed by atoms with Gasteiger partial charge in [-0.1, -0.05) is 68.8 Å². The average molecular weight is 806 g/mol. The molecule has 1 saturated heterocycles. The first-order chi connectivity index (χ1) is 25.0. The molecule has 2 heterocycles. The summed E-state index contributed by atoms with van der Waals surface area (Å²) < 4.78 is 5.79. The summed E-state index contributed by atoms with van der Waals surface area (Å²) in [7, 11) is 0. The lowest BCUT2D eigenvalue weighted by atomic mass is 9.85. The number of β-amino-alcohol motifs (C(OH)–C–C–N with tert-alkyl or cyclic N) is 1. The van der Waals surface area contributed by atoms with E-state index in [-0.39, 0.29) is 68.7 Å². The standard InChI is InChI=1S/C39H53ClN6O6S.ClH/c1-23(25-13-15-27(16-14-25)35-24(2)43-22-53-35)44-37(50)30-19-29(47)20-46(30)38(51)36(39(3,4)5)45-33(49)12-7-6-9-26-10-8-11-31(34(26)40)52-21-28(41)17-18-32(42)48;/h8,10-11,13-16,22-23,28-30,36,47H,6-7,9,12,17-21,41H2,1-5H3,(H2,42,48)(H,44,50)(H,45,49);1H/t23-,28-,29+,30-,36+;/m0./s1. The number of halogens is 2. The van der Waals surface area contributed by atoms with Crippen LogP contribution in [0.1, 0.15) is 89.1 Å². The number of aliphatic hydroxyl groups is 1. The Morgan fingerprint density at radius 2 is 1.80 bits per heavy atom. The SMILES string of the molecule is Cc1ncsc1-c1ccc([C@H](C)NC(=O)[C@@H]2C[C@@H](O)CN2C(=O)[C@@H](NC(=O)CCCCc2cccc(OC[C@@H](N)CCC(N)=O)c2Cl)C(C)(C)C)cc1.Cl. The number of carbonyl (C=O) groups is 4. The molecule has 12 nitrogen and oxygen atoms in total. The molecule has 1 aromatic heterocycles. The number of likely N-dealkylation sites (tertiary alicyclic amines) is 1. The van der Waals surface area contributed by atoms with Crippen molar-refractivity contribution < 1.29 is 29.0 Å². The molecule has 0 spiro atoms.